The minimum Gasteiger partial charge on any atom is -0.491 e. The lowest BCUT2D eigenvalue weighted by Gasteiger charge is -2.19. The lowest BCUT2D eigenvalue weighted by Crippen LogP contribution is -2.34. The number of amides is 1. The van der Waals surface area contributed by atoms with E-state index < -0.39 is 6.10 Å². The monoisotopic (exact) mass is 303 g/mol. The van der Waals surface area contributed by atoms with E-state index in [0.29, 0.717) is 0 Å². The van der Waals surface area contributed by atoms with Crippen LogP contribution in [0.1, 0.15) is 44.8 Å². The van der Waals surface area contributed by atoms with Crippen LogP contribution in [-0.4, -0.2) is 23.7 Å². The third-order valence-corrected chi connectivity index (χ3v) is 3.75. The number of hydrogen-bond acceptors (Lipinski definition) is 3. The van der Waals surface area contributed by atoms with Gasteiger partial charge in [-0.1, -0.05) is 24.3 Å². The van der Waals surface area contributed by atoms with Gasteiger partial charge in [0, 0.05) is 12.5 Å². The average Bonchev–Trinajstić information content (AvgIpc) is 2.53. The van der Waals surface area contributed by atoms with Crippen LogP contribution in [0, 0.1) is 5.92 Å². The van der Waals surface area contributed by atoms with E-state index in [0.717, 1.165) is 30.6 Å². The molecule has 0 fully saturated rings. The number of benzene rings is 1. The zero-order valence-corrected chi connectivity index (χ0v) is 13.3. The first-order valence-corrected chi connectivity index (χ1v) is 7.93. The van der Waals surface area contributed by atoms with Crippen molar-refractivity contribution < 1.29 is 14.6 Å². The Labute approximate surface area is 132 Å². The zero-order chi connectivity index (χ0) is 15.9. The Bertz CT molecular complexity index is 508. The molecule has 2 unspecified atom stereocenters. The molecule has 0 saturated carbocycles. The normalized spacial score (nSPS) is 19.0. The molecule has 1 amide bonds. The maximum atomic E-state index is 12.0. The second-order valence-electron chi connectivity index (χ2n) is 5.98. The topological polar surface area (TPSA) is 58.6 Å². The first-order chi connectivity index (χ1) is 10.6. The van der Waals surface area contributed by atoms with Gasteiger partial charge in [-0.2, -0.15) is 0 Å². The summed E-state index contributed by atoms with van der Waals surface area (Å²) >= 11 is 0. The highest BCUT2D eigenvalue weighted by molar-refractivity contribution is 5.79. The molecular weight excluding hydrogens is 278 g/mol. The van der Waals surface area contributed by atoms with Crippen LogP contribution < -0.4 is 10.1 Å². The molecule has 1 aliphatic carbocycles. The van der Waals surface area contributed by atoms with E-state index in [-0.39, 0.29) is 24.5 Å². The number of rotatable bonds is 6. The molecule has 2 rings (SSSR count). The molecule has 0 radical (unpaired) electrons. The van der Waals surface area contributed by atoms with Gasteiger partial charge in [0.2, 0.25) is 5.91 Å². The Morgan fingerprint density at radius 3 is 2.64 bits per heavy atom. The van der Waals surface area contributed by atoms with Crippen LogP contribution in [0.3, 0.4) is 0 Å². The summed E-state index contributed by atoms with van der Waals surface area (Å²) < 4.78 is 5.57. The molecule has 2 N–H and O–H groups in total. The van der Waals surface area contributed by atoms with Crippen molar-refractivity contribution in [1.82, 2.24) is 5.32 Å². The Morgan fingerprint density at radius 2 is 2.05 bits per heavy atom. The largest absolute Gasteiger partial charge is 0.491 e. The van der Waals surface area contributed by atoms with E-state index in [2.05, 4.69) is 17.5 Å². The van der Waals surface area contributed by atoms with Crippen LogP contribution >= 0.6 is 0 Å². The fourth-order valence-corrected chi connectivity index (χ4v) is 2.53. The van der Waals surface area contributed by atoms with Gasteiger partial charge in [-0.3, -0.25) is 4.79 Å². The summed E-state index contributed by atoms with van der Waals surface area (Å²) in [4.78, 5) is 12.0. The average molecular weight is 303 g/mol. The third-order valence-electron chi connectivity index (χ3n) is 3.75. The minimum absolute atomic E-state index is 0.0307. The number of allylic oxidation sites excluding steroid dienone is 2. The molecule has 0 aromatic heterocycles. The van der Waals surface area contributed by atoms with E-state index in [1.165, 1.54) is 0 Å². The van der Waals surface area contributed by atoms with Crippen molar-refractivity contribution in [3.63, 3.8) is 0 Å². The van der Waals surface area contributed by atoms with Gasteiger partial charge in [0.25, 0.3) is 0 Å². The molecule has 0 spiro atoms. The van der Waals surface area contributed by atoms with Crippen LogP contribution in [-0.2, 0) is 4.79 Å². The Hall–Kier alpha value is -1.81. The first kappa shape index (κ1) is 16.6. The van der Waals surface area contributed by atoms with Crippen molar-refractivity contribution in [3.05, 3.63) is 42.0 Å². The molecule has 0 saturated heterocycles. The van der Waals surface area contributed by atoms with E-state index in [4.69, 9.17) is 4.74 Å². The van der Waals surface area contributed by atoms with Crippen LogP contribution in [0.15, 0.2) is 36.4 Å². The van der Waals surface area contributed by atoms with Gasteiger partial charge in [-0.05, 0) is 50.8 Å². The molecular formula is C18H25NO3. The Kier molecular flexibility index (Phi) is 6.01. The second kappa shape index (κ2) is 7.99. The van der Waals surface area contributed by atoms with E-state index in [1.807, 2.05) is 38.1 Å². The van der Waals surface area contributed by atoms with Gasteiger partial charge < -0.3 is 15.2 Å². The minimum atomic E-state index is -0.698. The number of hydrogen-bond donors (Lipinski definition) is 2. The second-order valence-corrected chi connectivity index (χ2v) is 5.98. The number of aliphatic hydroxyl groups is 1. The van der Waals surface area contributed by atoms with Gasteiger partial charge in [0.05, 0.1) is 12.2 Å². The standard InChI is InChI=1S/C18H25NO3/c1-13(2)22-16-10-8-14(9-11-16)17(20)12-19-18(21)15-6-4-3-5-7-15/h3-4,8-11,13,15,17,20H,5-7,12H2,1-2H3,(H,19,21). The van der Waals surface area contributed by atoms with Gasteiger partial charge in [0.15, 0.2) is 0 Å². The van der Waals surface area contributed by atoms with Crippen molar-refractivity contribution >= 4 is 5.91 Å². The predicted molar refractivity (Wildman–Crippen MR) is 86.7 cm³/mol. The first-order valence-electron chi connectivity index (χ1n) is 7.93. The molecule has 2 atom stereocenters. The van der Waals surface area contributed by atoms with Crippen molar-refractivity contribution in [3.8, 4) is 5.75 Å². The number of carbonyl (C=O) groups is 1. The van der Waals surface area contributed by atoms with E-state index in [1.54, 1.807) is 0 Å². The van der Waals surface area contributed by atoms with Crippen LogP contribution in [0.2, 0.25) is 0 Å². The molecule has 1 aromatic rings. The summed E-state index contributed by atoms with van der Waals surface area (Å²) in [6.07, 6.45) is 6.23. The zero-order valence-electron chi connectivity index (χ0n) is 13.3. The fourth-order valence-electron chi connectivity index (χ4n) is 2.53. The quantitative estimate of drug-likeness (QED) is 0.794. The lowest BCUT2D eigenvalue weighted by atomic mass is 9.93. The Balaban J connectivity index is 1.82. The van der Waals surface area contributed by atoms with Gasteiger partial charge in [-0.15, -0.1) is 0 Å². The molecule has 0 heterocycles. The smallest absolute Gasteiger partial charge is 0.223 e. The molecule has 4 nitrogen and oxygen atoms in total. The molecule has 22 heavy (non-hydrogen) atoms. The molecule has 0 bridgehead atoms. The van der Waals surface area contributed by atoms with Crippen molar-refractivity contribution in [2.75, 3.05) is 6.54 Å². The summed E-state index contributed by atoms with van der Waals surface area (Å²) in [7, 11) is 0. The molecule has 1 aliphatic rings. The van der Waals surface area contributed by atoms with Crippen LogP contribution in [0.4, 0.5) is 0 Å². The molecule has 120 valence electrons. The summed E-state index contributed by atoms with van der Waals surface area (Å²) in [5.74, 6) is 0.853. The Morgan fingerprint density at radius 1 is 1.32 bits per heavy atom. The van der Waals surface area contributed by atoms with Crippen LogP contribution in [0.5, 0.6) is 5.75 Å². The summed E-state index contributed by atoms with van der Waals surface area (Å²) in [6, 6.07) is 7.34. The number of aliphatic hydroxyl groups excluding tert-OH is 1. The fraction of sp³-hybridized carbons (Fsp3) is 0.500. The number of ether oxygens (including phenoxy) is 1. The molecule has 4 heteroatoms. The molecule has 0 aliphatic heterocycles. The highest BCUT2D eigenvalue weighted by Crippen LogP contribution is 2.20. The predicted octanol–water partition coefficient (Wildman–Crippen LogP) is 2.98. The van der Waals surface area contributed by atoms with Gasteiger partial charge >= 0.3 is 0 Å². The molecule has 1 aromatic carbocycles. The highest BCUT2D eigenvalue weighted by Gasteiger charge is 2.19. The maximum Gasteiger partial charge on any atom is 0.223 e. The highest BCUT2D eigenvalue weighted by atomic mass is 16.5. The van der Waals surface area contributed by atoms with Crippen molar-refractivity contribution in [2.45, 2.75) is 45.3 Å². The number of carbonyl (C=O) groups excluding carboxylic acids is 1. The maximum absolute atomic E-state index is 12.0. The third kappa shape index (κ3) is 4.88. The van der Waals surface area contributed by atoms with Crippen molar-refractivity contribution in [2.24, 2.45) is 5.92 Å². The van der Waals surface area contributed by atoms with Crippen LogP contribution in [0.25, 0.3) is 0 Å². The van der Waals surface area contributed by atoms with Gasteiger partial charge in [0.1, 0.15) is 5.75 Å². The summed E-state index contributed by atoms with van der Waals surface area (Å²) in [6.45, 7) is 4.18. The van der Waals surface area contributed by atoms with E-state index in [9.17, 15) is 9.90 Å². The lowest BCUT2D eigenvalue weighted by molar-refractivity contribution is -0.125. The summed E-state index contributed by atoms with van der Waals surface area (Å²) in [5.41, 5.74) is 0.778. The van der Waals surface area contributed by atoms with Gasteiger partial charge in [-0.25, -0.2) is 0 Å². The SMILES string of the molecule is CC(C)Oc1ccc(C(O)CNC(=O)C2CC=CCC2)cc1. The summed E-state index contributed by atoms with van der Waals surface area (Å²) in [5, 5.41) is 13.0. The van der Waals surface area contributed by atoms with Crippen molar-refractivity contribution in [1.29, 1.82) is 0 Å². The number of nitrogens with one attached hydrogen (secondary N) is 1. The van der Waals surface area contributed by atoms with E-state index >= 15 is 0 Å².